The van der Waals surface area contributed by atoms with Crippen molar-refractivity contribution in [3.8, 4) is 23.0 Å². The first-order valence-electron chi connectivity index (χ1n) is 13.8. The van der Waals surface area contributed by atoms with Crippen molar-refractivity contribution >= 4 is 15.9 Å². The smallest absolute Gasteiger partial charge is 0.339 e. The molecular formula is C32H36O8S. The van der Waals surface area contributed by atoms with E-state index in [-0.39, 0.29) is 27.4 Å². The van der Waals surface area contributed by atoms with E-state index in [9.17, 15) is 18.3 Å². The number of Topliss-reactive ketones (excluding diaryl/α,β-unsaturated/α-hetero) is 1. The standard InChI is InChI=1S/C32H36O8S/c1-7-14-37-22-8-10-25(27(17-22)40-41(35,36)29-20(3)15-19(2)16-21(29)4)32(34)18-38-28-23-12-13-31(5,6)39-26(23)11-9-24(28)30(32)33/h8-11,15-17,34H,7,12-14,18H2,1-6H3. The van der Waals surface area contributed by atoms with Crippen molar-refractivity contribution in [1.82, 2.24) is 0 Å². The van der Waals surface area contributed by atoms with Gasteiger partial charge in [0.1, 0.15) is 34.4 Å². The molecule has 2 heterocycles. The van der Waals surface area contributed by atoms with Crippen molar-refractivity contribution in [2.45, 2.75) is 76.9 Å². The molecule has 3 aromatic rings. The van der Waals surface area contributed by atoms with E-state index in [2.05, 4.69) is 0 Å². The molecule has 2 aliphatic heterocycles. The maximum atomic E-state index is 13.9. The van der Waals surface area contributed by atoms with Crippen molar-refractivity contribution in [2.75, 3.05) is 13.2 Å². The van der Waals surface area contributed by atoms with Gasteiger partial charge in [-0.15, -0.1) is 0 Å². The van der Waals surface area contributed by atoms with Gasteiger partial charge < -0.3 is 23.5 Å². The van der Waals surface area contributed by atoms with Crippen LogP contribution in [0.15, 0.2) is 47.4 Å². The Balaban J connectivity index is 1.58. The molecule has 9 heteroatoms. The molecule has 1 atom stereocenters. The van der Waals surface area contributed by atoms with E-state index in [1.807, 2.05) is 27.7 Å². The van der Waals surface area contributed by atoms with Gasteiger partial charge in [-0.25, -0.2) is 0 Å². The number of hydrogen-bond donors (Lipinski definition) is 1. The molecule has 8 nitrogen and oxygen atoms in total. The van der Waals surface area contributed by atoms with Crippen LogP contribution in [0.1, 0.15) is 71.8 Å². The van der Waals surface area contributed by atoms with E-state index >= 15 is 0 Å². The molecule has 0 saturated carbocycles. The fourth-order valence-corrected chi connectivity index (χ4v) is 7.03. The predicted molar refractivity (Wildman–Crippen MR) is 154 cm³/mol. The number of carbonyl (C=O) groups is 1. The summed E-state index contributed by atoms with van der Waals surface area (Å²) in [5, 5.41) is 11.9. The Bertz CT molecular complexity index is 1620. The zero-order valence-electron chi connectivity index (χ0n) is 24.3. The largest absolute Gasteiger partial charge is 0.493 e. The molecule has 0 fully saturated rings. The Morgan fingerprint density at radius 2 is 1.73 bits per heavy atom. The van der Waals surface area contributed by atoms with E-state index in [4.69, 9.17) is 18.4 Å². The van der Waals surface area contributed by atoms with Crippen LogP contribution in [0.3, 0.4) is 0 Å². The molecule has 0 bridgehead atoms. The third-order valence-corrected chi connectivity index (χ3v) is 9.10. The van der Waals surface area contributed by atoms with Crippen LogP contribution < -0.4 is 18.4 Å². The Kier molecular flexibility index (Phi) is 7.32. The summed E-state index contributed by atoms with van der Waals surface area (Å²) < 4.78 is 50.9. The second kappa shape index (κ2) is 10.4. The van der Waals surface area contributed by atoms with E-state index in [1.165, 1.54) is 12.1 Å². The molecule has 0 aromatic heterocycles. The summed E-state index contributed by atoms with van der Waals surface area (Å²) in [4.78, 5) is 14.0. The second-order valence-electron chi connectivity index (χ2n) is 11.5. The van der Waals surface area contributed by atoms with E-state index in [1.54, 1.807) is 44.2 Å². The Morgan fingerprint density at radius 1 is 1.02 bits per heavy atom. The van der Waals surface area contributed by atoms with Gasteiger partial charge in [0.25, 0.3) is 0 Å². The van der Waals surface area contributed by atoms with Crippen LogP contribution in [0.2, 0.25) is 0 Å². The Labute approximate surface area is 241 Å². The molecule has 218 valence electrons. The number of benzene rings is 3. The second-order valence-corrected chi connectivity index (χ2v) is 13.0. The number of fused-ring (bicyclic) bond motifs is 3. The number of aryl methyl sites for hydroxylation is 3. The van der Waals surface area contributed by atoms with Crippen LogP contribution in [-0.4, -0.2) is 38.1 Å². The van der Waals surface area contributed by atoms with Gasteiger partial charge in [-0.2, -0.15) is 8.42 Å². The third-order valence-electron chi connectivity index (χ3n) is 7.55. The number of aliphatic hydroxyl groups is 1. The normalized spacial score (nSPS) is 19.4. The van der Waals surface area contributed by atoms with Gasteiger partial charge in [-0.05, 0) is 89.3 Å². The van der Waals surface area contributed by atoms with Gasteiger partial charge in [0.15, 0.2) is 11.4 Å². The van der Waals surface area contributed by atoms with Gasteiger partial charge >= 0.3 is 10.1 Å². The van der Waals surface area contributed by atoms with Crippen molar-refractivity contribution < 1.29 is 36.7 Å². The SMILES string of the molecule is CCCOc1ccc(C2(O)COc3c(ccc4c3CCC(C)(C)O4)C2=O)c(OS(=O)(=O)c2c(C)cc(C)cc2C)c1. The lowest BCUT2D eigenvalue weighted by atomic mass is 9.82. The Morgan fingerprint density at radius 3 is 2.41 bits per heavy atom. The van der Waals surface area contributed by atoms with Crippen LogP contribution >= 0.6 is 0 Å². The van der Waals surface area contributed by atoms with Crippen molar-refractivity contribution in [1.29, 1.82) is 0 Å². The van der Waals surface area contributed by atoms with Crippen LogP contribution in [0.5, 0.6) is 23.0 Å². The highest BCUT2D eigenvalue weighted by Gasteiger charge is 2.48. The van der Waals surface area contributed by atoms with Crippen LogP contribution in [-0.2, 0) is 22.1 Å². The number of hydrogen-bond acceptors (Lipinski definition) is 8. The van der Waals surface area contributed by atoms with Crippen LogP contribution in [0.25, 0.3) is 0 Å². The quantitative estimate of drug-likeness (QED) is 0.353. The first kappa shape index (κ1) is 29.0. The summed E-state index contributed by atoms with van der Waals surface area (Å²) in [5.41, 5.74) is 0.387. The minimum absolute atomic E-state index is 0.0295. The number of carbonyl (C=O) groups excluding carboxylic acids is 1. The molecule has 1 unspecified atom stereocenters. The van der Waals surface area contributed by atoms with E-state index in [0.717, 1.165) is 24.0 Å². The third kappa shape index (κ3) is 5.28. The number of ether oxygens (including phenoxy) is 3. The summed E-state index contributed by atoms with van der Waals surface area (Å²) in [6, 6.07) is 11.3. The maximum Gasteiger partial charge on any atom is 0.339 e. The minimum atomic E-state index is -4.35. The highest BCUT2D eigenvalue weighted by molar-refractivity contribution is 7.87. The van der Waals surface area contributed by atoms with Crippen LogP contribution in [0.4, 0.5) is 0 Å². The maximum absolute atomic E-state index is 13.9. The highest BCUT2D eigenvalue weighted by Crippen LogP contribution is 2.47. The molecule has 0 saturated heterocycles. The predicted octanol–water partition coefficient (Wildman–Crippen LogP) is 5.73. The molecule has 0 radical (unpaired) electrons. The average Bonchev–Trinajstić information content (AvgIpc) is 2.87. The van der Waals surface area contributed by atoms with Gasteiger partial charge in [-0.1, -0.05) is 24.6 Å². The van der Waals surface area contributed by atoms with E-state index < -0.39 is 28.1 Å². The summed E-state index contributed by atoms with van der Waals surface area (Å²) in [6.07, 6.45) is 2.13. The van der Waals surface area contributed by atoms with Gasteiger partial charge in [-0.3, -0.25) is 4.79 Å². The fraction of sp³-hybridized carbons (Fsp3) is 0.406. The Hall–Kier alpha value is -3.56. The zero-order chi connectivity index (χ0) is 29.7. The highest BCUT2D eigenvalue weighted by atomic mass is 32.2. The molecule has 0 aliphatic carbocycles. The lowest BCUT2D eigenvalue weighted by Gasteiger charge is -2.37. The number of ketones is 1. The van der Waals surface area contributed by atoms with Gasteiger partial charge in [0.2, 0.25) is 5.78 Å². The summed E-state index contributed by atoms with van der Waals surface area (Å²) in [7, 11) is -4.35. The van der Waals surface area contributed by atoms with Crippen molar-refractivity contribution in [3.05, 3.63) is 75.8 Å². The lowest BCUT2D eigenvalue weighted by molar-refractivity contribution is -0.00682. The zero-order valence-corrected chi connectivity index (χ0v) is 25.1. The molecule has 3 aromatic carbocycles. The van der Waals surface area contributed by atoms with Crippen molar-refractivity contribution in [2.24, 2.45) is 0 Å². The molecular weight excluding hydrogens is 544 g/mol. The topological polar surface area (TPSA) is 108 Å². The molecule has 2 aliphatic rings. The average molecular weight is 581 g/mol. The lowest BCUT2D eigenvalue weighted by Crippen LogP contribution is -2.45. The minimum Gasteiger partial charge on any atom is -0.493 e. The first-order valence-corrected chi connectivity index (χ1v) is 15.2. The summed E-state index contributed by atoms with van der Waals surface area (Å²) in [6.45, 7) is 11.2. The molecule has 0 spiro atoms. The fourth-order valence-electron chi connectivity index (χ4n) is 5.67. The summed E-state index contributed by atoms with van der Waals surface area (Å²) >= 11 is 0. The molecule has 41 heavy (non-hydrogen) atoms. The number of rotatable bonds is 7. The van der Waals surface area contributed by atoms with Crippen LogP contribution in [0, 0.1) is 20.8 Å². The van der Waals surface area contributed by atoms with E-state index in [0.29, 0.717) is 41.4 Å². The van der Waals surface area contributed by atoms with Crippen molar-refractivity contribution in [3.63, 3.8) is 0 Å². The van der Waals surface area contributed by atoms with Gasteiger partial charge in [0.05, 0.1) is 12.2 Å². The molecule has 0 amide bonds. The van der Waals surface area contributed by atoms with Gasteiger partial charge in [0, 0.05) is 17.2 Å². The monoisotopic (exact) mass is 580 g/mol. The summed E-state index contributed by atoms with van der Waals surface area (Å²) in [5.74, 6) is 0.564. The first-order chi connectivity index (χ1) is 19.3. The molecule has 1 N–H and O–H groups in total. The molecule has 5 rings (SSSR count).